The molecule has 2 aromatic carbocycles. The maximum absolute atomic E-state index is 12.7. The first-order valence-electron chi connectivity index (χ1n) is 11.0. The number of carbonyl (C=O) groups is 2. The van der Waals surface area contributed by atoms with Gasteiger partial charge < -0.3 is 19.7 Å². The number of hydrogen-bond donors (Lipinski definition) is 1. The molecule has 2 amide bonds. The van der Waals surface area contributed by atoms with Crippen LogP contribution in [0.25, 0.3) is 0 Å². The van der Waals surface area contributed by atoms with Gasteiger partial charge in [0.15, 0.2) is 11.5 Å². The molecule has 7 nitrogen and oxygen atoms in total. The Kier molecular flexibility index (Phi) is 8.11. The van der Waals surface area contributed by atoms with Crippen LogP contribution in [0.2, 0.25) is 0 Å². The highest BCUT2D eigenvalue weighted by atomic mass is 16.5. The van der Waals surface area contributed by atoms with Crippen molar-refractivity contribution in [2.24, 2.45) is 0 Å². The summed E-state index contributed by atoms with van der Waals surface area (Å²) >= 11 is 0. The molecule has 0 radical (unpaired) electrons. The Balaban J connectivity index is 1.47. The van der Waals surface area contributed by atoms with Crippen LogP contribution in [0.3, 0.4) is 0 Å². The SMILES string of the molecule is COc1ccc(CNC(=O)C(C)N2CCN(C(=O)Cc3ccccc3C)CC2)cc1OC. The number of hydrogen-bond acceptors (Lipinski definition) is 5. The number of rotatable bonds is 8. The minimum absolute atomic E-state index is 0.0283. The summed E-state index contributed by atoms with van der Waals surface area (Å²) in [4.78, 5) is 29.4. The van der Waals surface area contributed by atoms with E-state index < -0.39 is 0 Å². The van der Waals surface area contributed by atoms with Crippen molar-refractivity contribution in [3.8, 4) is 11.5 Å². The molecule has 2 aromatic rings. The number of benzene rings is 2. The quantitative estimate of drug-likeness (QED) is 0.684. The molecule has 1 aliphatic rings. The first-order chi connectivity index (χ1) is 15.4. The average molecular weight is 440 g/mol. The third kappa shape index (κ3) is 5.79. The molecule has 1 heterocycles. The van der Waals surface area contributed by atoms with E-state index in [-0.39, 0.29) is 17.9 Å². The lowest BCUT2D eigenvalue weighted by Gasteiger charge is -2.37. The van der Waals surface area contributed by atoms with E-state index >= 15 is 0 Å². The van der Waals surface area contributed by atoms with E-state index in [0.717, 1.165) is 16.7 Å². The van der Waals surface area contributed by atoms with Gasteiger partial charge in [-0.05, 0) is 42.7 Å². The van der Waals surface area contributed by atoms with E-state index in [1.807, 2.05) is 61.2 Å². The fourth-order valence-electron chi connectivity index (χ4n) is 3.94. The van der Waals surface area contributed by atoms with E-state index in [2.05, 4.69) is 10.2 Å². The number of aryl methyl sites for hydroxylation is 1. The van der Waals surface area contributed by atoms with Crippen LogP contribution < -0.4 is 14.8 Å². The molecule has 1 N–H and O–H groups in total. The summed E-state index contributed by atoms with van der Waals surface area (Å²) in [5.74, 6) is 1.41. The van der Waals surface area contributed by atoms with Crippen LogP contribution in [0.1, 0.15) is 23.6 Å². The number of nitrogens with zero attached hydrogens (tertiary/aromatic N) is 2. The van der Waals surface area contributed by atoms with Crippen molar-refractivity contribution in [1.29, 1.82) is 0 Å². The molecule has 0 saturated carbocycles. The number of nitrogens with one attached hydrogen (secondary N) is 1. The van der Waals surface area contributed by atoms with Crippen LogP contribution >= 0.6 is 0 Å². The van der Waals surface area contributed by atoms with Gasteiger partial charge in [-0.25, -0.2) is 0 Å². The van der Waals surface area contributed by atoms with Crippen molar-refractivity contribution in [2.75, 3.05) is 40.4 Å². The Bertz CT molecular complexity index is 939. The Hall–Kier alpha value is -3.06. The molecule has 1 atom stereocenters. The second kappa shape index (κ2) is 11.0. The largest absolute Gasteiger partial charge is 0.493 e. The molecule has 0 aliphatic carbocycles. The van der Waals surface area contributed by atoms with Crippen molar-refractivity contribution >= 4 is 11.8 Å². The molecule has 172 valence electrons. The summed E-state index contributed by atoms with van der Waals surface area (Å²) in [7, 11) is 3.19. The topological polar surface area (TPSA) is 71.1 Å². The van der Waals surface area contributed by atoms with Gasteiger partial charge in [-0.3, -0.25) is 14.5 Å². The fraction of sp³-hybridized carbons (Fsp3) is 0.440. The summed E-state index contributed by atoms with van der Waals surface area (Å²) < 4.78 is 10.6. The third-order valence-electron chi connectivity index (χ3n) is 6.11. The van der Waals surface area contributed by atoms with E-state index in [4.69, 9.17) is 9.47 Å². The molecule has 1 aliphatic heterocycles. The molecular formula is C25H33N3O4. The monoisotopic (exact) mass is 439 g/mol. The predicted octanol–water partition coefficient (Wildman–Crippen LogP) is 2.40. The van der Waals surface area contributed by atoms with Gasteiger partial charge in [0.25, 0.3) is 0 Å². The molecule has 0 aromatic heterocycles. The third-order valence-corrected chi connectivity index (χ3v) is 6.11. The van der Waals surface area contributed by atoms with Crippen LogP contribution in [-0.2, 0) is 22.6 Å². The zero-order valence-corrected chi connectivity index (χ0v) is 19.4. The Labute approximate surface area is 190 Å². The van der Waals surface area contributed by atoms with Crippen LogP contribution in [0.4, 0.5) is 0 Å². The first kappa shape index (κ1) is 23.6. The van der Waals surface area contributed by atoms with Crippen molar-refractivity contribution in [2.45, 2.75) is 32.9 Å². The lowest BCUT2D eigenvalue weighted by molar-refractivity contribution is -0.133. The lowest BCUT2D eigenvalue weighted by Crippen LogP contribution is -2.55. The van der Waals surface area contributed by atoms with E-state index in [9.17, 15) is 9.59 Å². The van der Waals surface area contributed by atoms with Gasteiger partial charge in [-0.1, -0.05) is 30.3 Å². The highest BCUT2D eigenvalue weighted by molar-refractivity contribution is 5.81. The minimum Gasteiger partial charge on any atom is -0.493 e. The van der Waals surface area contributed by atoms with Gasteiger partial charge in [0, 0.05) is 32.7 Å². The van der Waals surface area contributed by atoms with Gasteiger partial charge in [0.2, 0.25) is 11.8 Å². The summed E-state index contributed by atoms with van der Waals surface area (Å²) in [6.45, 7) is 7.00. The van der Waals surface area contributed by atoms with Crippen molar-refractivity contribution in [3.63, 3.8) is 0 Å². The zero-order chi connectivity index (χ0) is 23.1. The predicted molar refractivity (Wildman–Crippen MR) is 124 cm³/mol. The minimum atomic E-state index is -0.260. The van der Waals surface area contributed by atoms with Gasteiger partial charge in [-0.15, -0.1) is 0 Å². The van der Waals surface area contributed by atoms with Crippen molar-refractivity contribution < 1.29 is 19.1 Å². The number of piperazine rings is 1. The molecule has 32 heavy (non-hydrogen) atoms. The second-order valence-corrected chi connectivity index (χ2v) is 8.10. The van der Waals surface area contributed by atoms with E-state index in [1.165, 1.54) is 0 Å². The summed E-state index contributed by atoms with van der Waals surface area (Å²) in [5, 5.41) is 3.00. The number of methoxy groups -OCH3 is 2. The smallest absolute Gasteiger partial charge is 0.237 e. The zero-order valence-electron chi connectivity index (χ0n) is 19.4. The van der Waals surface area contributed by atoms with Crippen molar-refractivity contribution in [3.05, 3.63) is 59.2 Å². The summed E-state index contributed by atoms with van der Waals surface area (Å²) in [6.07, 6.45) is 0.425. The maximum Gasteiger partial charge on any atom is 0.237 e. The first-order valence-corrected chi connectivity index (χ1v) is 11.0. The molecule has 1 fully saturated rings. The lowest BCUT2D eigenvalue weighted by atomic mass is 10.0. The molecule has 3 rings (SSSR count). The molecular weight excluding hydrogens is 406 g/mol. The molecule has 7 heteroatoms. The normalized spacial score (nSPS) is 15.2. The Morgan fingerprint density at radius 2 is 1.69 bits per heavy atom. The van der Waals surface area contributed by atoms with Gasteiger partial charge in [0.1, 0.15) is 0 Å². The highest BCUT2D eigenvalue weighted by Crippen LogP contribution is 2.27. The summed E-state index contributed by atoms with van der Waals surface area (Å²) in [6, 6.07) is 13.3. The van der Waals surface area contributed by atoms with E-state index in [0.29, 0.717) is 50.6 Å². The molecule has 0 spiro atoms. The number of amides is 2. The number of carbonyl (C=O) groups excluding carboxylic acids is 2. The molecule has 0 bridgehead atoms. The number of ether oxygens (including phenoxy) is 2. The second-order valence-electron chi connectivity index (χ2n) is 8.10. The maximum atomic E-state index is 12.7. The van der Waals surface area contributed by atoms with Crippen LogP contribution in [-0.4, -0.2) is 68.1 Å². The van der Waals surface area contributed by atoms with E-state index in [1.54, 1.807) is 14.2 Å². The van der Waals surface area contributed by atoms with Gasteiger partial charge in [0.05, 0.1) is 26.7 Å². The summed E-state index contributed by atoms with van der Waals surface area (Å²) in [5.41, 5.74) is 3.15. The van der Waals surface area contributed by atoms with Crippen LogP contribution in [0, 0.1) is 6.92 Å². The van der Waals surface area contributed by atoms with Crippen molar-refractivity contribution in [1.82, 2.24) is 15.1 Å². The van der Waals surface area contributed by atoms with Gasteiger partial charge >= 0.3 is 0 Å². The Morgan fingerprint density at radius 1 is 1.00 bits per heavy atom. The Morgan fingerprint density at radius 3 is 2.34 bits per heavy atom. The van der Waals surface area contributed by atoms with Gasteiger partial charge in [-0.2, -0.15) is 0 Å². The highest BCUT2D eigenvalue weighted by Gasteiger charge is 2.27. The molecule has 1 saturated heterocycles. The van der Waals surface area contributed by atoms with Crippen LogP contribution in [0.5, 0.6) is 11.5 Å². The molecule has 1 unspecified atom stereocenters. The standard InChI is InChI=1S/C25H33N3O4/c1-18-7-5-6-8-21(18)16-24(29)28-13-11-27(12-14-28)19(2)25(30)26-17-20-9-10-22(31-3)23(15-20)32-4/h5-10,15,19H,11-14,16-17H2,1-4H3,(H,26,30). The average Bonchev–Trinajstić information content (AvgIpc) is 2.83. The fourth-order valence-corrected chi connectivity index (χ4v) is 3.94. The van der Waals surface area contributed by atoms with Crippen LogP contribution in [0.15, 0.2) is 42.5 Å².